The Bertz CT molecular complexity index is 689. The minimum Gasteiger partial charge on any atom is -0.272 e. The van der Waals surface area contributed by atoms with Crippen molar-refractivity contribution in [2.45, 2.75) is 72.1 Å². The molecule has 0 bridgehead atoms. The molecule has 0 saturated carbocycles. The summed E-state index contributed by atoms with van der Waals surface area (Å²) in [4.78, 5) is 12.6. The van der Waals surface area contributed by atoms with E-state index in [2.05, 4.69) is 12.0 Å². The predicted molar refractivity (Wildman–Crippen MR) is 105 cm³/mol. The molecule has 0 aliphatic carbocycles. The van der Waals surface area contributed by atoms with Crippen molar-refractivity contribution in [3.63, 3.8) is 0 Å². The van der Waals surface area contributed by atoms with Crippen molar-refractivity contribution in [1.29, 1.82) is 0 Å². The van der Waals surface area contributed by atoms with Crippen LogP contribution in [0, 0.1) is 13.8 Å². The van der Waals surface area contributed by atoms with E-state index in [0.717, 1.165) is 23.4 Å². The van der Waals surface area contributed by atoms with E-state index in [1.165, 1.54) is 44.1 Å². The molecule has 0 unspecified atom stereocenters. The summed E-state index contributed by atoms with van der Waals surface area (Å²) >= 11 is 5.90. The molecule has 3 nitrogen and oxygen atoms in total. The molecule has 0 aliphatic heterocycles. The third-order valence-electron chi connectivity index (χ3n) is 4.73. The number of unbranched alkanes of at least 4 members (excludes halogenated alkanes) is 5. The van der Waals surface area contributed by atoms with Gasteiger partial charge < -0.3 is 0 Å². The van der Waals surface area contributed by atoms with Crippen molar-refractivity contribution < 1.29 is 4.79 Å². The van der Waals surface area contributed by atoms with Gasteiger partial charge in [-0.15, -0.1) is 0 Å². The lowest BCUT2D eigenvalue weighted by Crippen LogP contribution is -2.16. The number of rotatable bonds is 9. The van der Waals surface area contributed by atoms with Crippen molar-refractivity contribution in [2.24, 2.45) is 0 Å². The second-order valence-corrected chi connectivity index (χ2v) is 7.21. The van der Waals surface area contributed by atoms with Crippen molar-refractivity contribution in [3.8, 4) is 0 Å². The summed E-state index contributed by atoms with van der Waals surface area (Å²) in [6.07, 6.45) is 9.01. The highest BCUT2D eigenvalue weighted by atomic mass is 35.5. The summed E-state index contributed by atoms with van der Waals surface area (Å²) in [5.41, 5.74) is 4.17. The molecule has 0 fully saturated rings. The lowest BCUT2D eigenvalue weighted by atomic mass is 10.0. The number of aromatic nitrogens is 2. The molecule has 0 radical (unpaired) electrons. The van der Waals surface area contributed by atoms with Gasteiger partial charge in [0, 0.05) is 10.7 Å². The molecular weight excluding hydrogens is 332 g/mol. The SMILES string of the molecule is CCCCCCCCc1c(C)nn(C(=O)Cc2ccc(Cl)cc2)c1C. The standard InChI is InChI=1S/C21H29ClN2O/c1-4-5-6-7-8-9-10-20-16(2)23-24(17(20)3)21(25)15-18-11-13-19(22)14-12-18/h11-14H,4-10,15H2,1-3H3. The van der Waals surface area contributed by atoms with Crippen LogP contribution in [-0.4, -0.2) is 15.7 Å². The number of carbonyl (C=O) groups is 1. The van der Waals surface area contributed by atoms with E-state index >= 15 is 0 Å². The fourth-order valence-electron chi connectivity index (χ4n) is 3.21. The van der Waals surface area contributed by atoms with Gasteiger partial charge in [-0.2, -0.15) is 5.10 Å². The lowest BCUT2D eigenvalue weighted by Gasteiger charge is -2.05. The zero-order chi connectivity index (χ0) is 18.2. The van der Waals surface area contributed by atoms with Gasteiger partial charge in [-0.3, -0.25) is 4.79 Å². The zero-order valence-electron chi connectivity index (χ0n) is 15.6. The van der Waals surface area contributed by atoms with E-state index in [-0.39, 0.29) is 5.91 Å². The third-order valence-corrected chi connectivity index (χ3v) is 4.98. The average molecular weight is 361 g/mol. The molecule has 0 N–H and O–H groups in total. The van der Waals surface area contributed by atoms with E-state index in [1.807, 2.05) is 38.1 Å². The summed E-state index contributed by atoms with van der Waals surface area (Å²) < 4.78 is 1.58. The van der Waals surface area contributed by atoms with Gasteiger partial charge in [0.25, 0.3) is 5.91 Å². The molecule has 0 aliphatic rings. The second-order valence-electron chi connectivity index (χ2n) is 6.78. The molecule has 0 amide bonds. The summed E-state index contributed by atoms with van der Waals surface area (Å²) in [6, 6.07) is 7.41. The van der Waals surface area contributed by atoms with Gasteiger partial charge in [-0.1, -0.05) is 62.8 Å². The predicted octanol–water partition coefficient (Wildman–Crippen LogP) is 5.94. The van der Waals surface area contributed by atoms with Crippen LogP contribution in [0.2, 0.25) is 5.02 Å². The topological polar surface area (TPSA) is 34.9 Å². The number of hydrogen-bond donors (Lipinski definition) is 0. The van der Waals surface area contributed by atoms with E-state index < -0.39 is 0 Å². The fraction of sp³-hybridized carbons (Fsp3) is 0.524. The van der Waals surface area contributed by atoms with E-state index in [1.54, 1.807) is 4.68 Å². The highest BCUT2D eigenvalue weighted by molar-refractivity contribution is 6.30. The maximum absolute atomic E-state index is 12.6. The Balaban J connectivity index is 1.95. The first-order chi connectivity index (χ1) is 12.0. The first-order valence-electron chi connectivity index (χ1n) is 9.35. The summed E-state index contributed by atoms with van der Waals surface area (Å²) in [5.74, 6) is 0.0112. The van der Waals surface area contributed by atoms with Crippen LogP contribution in [0.1, 0.15) is 72.8 Å². The number of carbonyl (C=O) groups excluding carboxylic acids is 1. The maximum Gasteiger partial charge on any atom is 0.251 e. The summed E-state index contributed by atoms with van der Waals surface area (Å²) in [7, 11) is 0. The average Bonchev–Trinajstić information content (AvgIpc) is 2.88. The van der Waals surface area contributed by atoms with Crippen molar-refractivity contribution in [1.82, 2.24) is 9.78 Å². The smallest absolute Gasteiger partial charge is 0.251 e. The van der Waals surface area contributed by atoms with Crippen molar-refractivity contribution >= 4 is 17.5 Å². The van der Waals surface area contributed by atoms with Crippen LogP contribution in [0.5, 0.6) is 0 Å². The molecule has 25 heavy (non-hydrogen) atoms. The highest BCUT2D eigenvalue weighted by Gasteiger charge is 2.16. The maximum atomic E-state index is 12.6. The third kappa shape index (κ3) is 5.71. The second kappa shape index (κ2) is 9.76. The van der Waals surface area contributed by atoms with Gasteiger partial charge in [0.15, 0.2) is 0 Å². The molecular formula is C21H29ClN2O. The first kappa shape index (κ1) is 19.7. The summed E-state index contributed by atoms with van der Waals surface area (Å²) in [5, 5.41) is 5.18. The summed E-state index contributed by atoms with van der Waals surface area (Å²) in [6.45, 7) is 6.25. The quantitative estimate of drug-likeness (QED) is 0.518. The number of benzene rings is 1. The Morgan fingerprint density at radius 3 is 2.36 bits per heavy atom. The molecule has 2 rings (SSSR count). The largest absolute Gasteiger partial charge is 0.272 e. The van der Waals surface area contributed by atoms with Gasteiger partial charge in [0.05, 0.1) is 12.1 Å². The molecule has 0 atom stereocenters. The molecule has 2 aromatic rings. The number of nitrogens with zero attached hydrogens (tertiary/aromatic N) is 2. The number of halogens is 1. The van der Waals surface area contributed by atoms with Gasteiger partial charge in [0.1, 0.15) is 0 Å². The highest BCUT2D eigenvalue weighted by Crippen LogP contribution is 2.18. The Labute approximate surface area is 156 Å². The number of hydrogen-bond acceptors (Lipinski definition) is 2. The van der Waals surface area contributed by atoms with Crippen molar-refractivity contribution in [2.75, 3.05) is 0 Å². The molecule has 4 heteroatoms. The normalized spacial score (nSPS) is 11.0. The Hall–Kier alpha value is -1.61. The minimum absolute atomic E-state index is 0.0112. The lowest BCUT2D eigenvalue weighted by molar-refractivity contribution is 0.0895. The van der Waals surface area contributed by atoms with Crippen LogP contribution in [0.15, 0.2) is 24.3 Å². The van der Waals surface area contributed by atoms with Crippen molar-refractivity contribution in [3.05, 3.63) is 51.8 Å². The molecule has 1 heterocycles. The zero-order valence-corrected chi connectivity index (χ0v) is 16.4. The van der Waals surface area contributed by atoms with E-state index in [4.69, 9.17) is 11.6 Å². The first-order valence-corrected chi connectivity index (χ1v) is 9.73. The monoisotopic (exact) mass is 360 g/mol. The van der Waals surface area contributed by atoms with Crippen LogP contribution in [0.4, 0.5) is 0 Å². The van der Waals surface area contributed by atoms with Crippen LogP contribution >= 0.6 is 11.6 Å². The van der Waals surface area contributed by atoms with E-state index in [9.17, 15) is 4.79 Å². The van der Waals surface area contributed by atoms with E-state index in [0.29, 0.717) is 11.4 Å². The minimum atomic E-state index is 0.0112. The molecule has 0 spiro atoms. The fourth-order valence-corrected chi connectivity index (χ4v) is 3.34. The van der Waals surface area contributed by atoms with Crippen LogP contribution in [0.25, 0.3) is 0 Å². The van der Waals surface area contributed by atoms with Crippen LogP contribution in [-0.2, 0) is 12.8 Å². The van der Waals surface area contributed by atoms with Crippen LogP contribution in [0.3, 0.4) is 0 Å². The van der Waals surface area contributed by atoms with Gasteiger partial charge in [-0.05, 0) is 49.9 Å². The van der Waals surface area contributed by atoms with Crippen LogP contribution < -0.4 is 0 Å². The molecule has 0 saturated heterocycles. The number of aryl methyl sites for hydroxylation is 1. The Morgan fingerprint density at radius 1 is 1.04 bits per heavy atom. The molecule has 1 aromatic heterocycles. The van der Waals surface area contributed by atoms with Gasteiger partial charge >= 0.3 is 0 Å². The van der Waals surface area contributed by atoms with Gasteiger partial charge in [0.2, 0.25) is 0 Å². The Kier molecular flexibility index (Phi) is 7.70. The van der Waals surface area contributed by atoms with Gasteiger partial charge in [-0.25, -0.2) is 4.68 Å². The Morgan fingerprint density at radius 2 is 1.68 bits per heavy atom. The molecule has 1 aromatic carbocycles. The molecule has 136 valence electrons.